The third kappa shape index (κ3) is 4.46. The fourth-order valence-electron chi connectivity index (χ4n) is 3.85. The summed E-state index contributed by atoms with van der Waals surface area (Å²) in [6, 6.07) is 9.32. The fraction of sp³-hybridized carbons (Fsp3) is 0.684. The van der Waals surface area contributed by atoms with Crippen LogP contribution in [0, 0.1) is 12.8 Å². The van der Waals surface area contributed by atoms with Crippen LogP contribution in [0.15, 0.2) is 24.3 Å². The van der Waals surface area contributed by atoms with Crippen LogP contribution >= 0.6 is 0 Å². The van der Waals surface area contributed by atoms with Crippen molar-refractivity contribution in [2.45, 2.75) is 51.3 Å². The van der Waals surface area contributed by atoms with Crippen molar-refractivity contribution in [1.29, 1.82) is 0 Å². The maximum absolute atomic E-state index is 6.08. The minimum atomic E-state index is 0.174. The Hall–Kier alpha value is -1.10. The fourth-order valence-corrected chi connectivity index (χ4v) is 3.85. The maximum Gasteiger partial charge on any atom is 0.122 e. The largest absolute Gasteiger partial charge is 0.489 e. The van der Waals surface area contributed by atoms with E-state index in [4.69, 9.17) is 9.47 Å². The van der Waals surface area contributed by atoms with Crippen LogP contribution in [0.4, 0.5) is 0 Å². The molecule has 1 aliphatic heterocycles. The number of aryl methyl sites for hydroxylation is 1. The van der Waals surface area contributed by atoms with Crippen LogP contribution in [0.2, 0.25) is 0 Å². The van der Waals surface area contributed by atoms with E-state index in [-0.39, 0.29) is 6.10 Å². The van der Waals surface area contributed by atoms with Crippen LogP contribution in [0.5, 0.6) is 5.75 Å². The quantitative estimate of drug-likeness (QED) is 0.846. The Labute approximate surface area is 139 Å². The van der Waals surface area contributed by atoms with Gasteiger partial charge in [-0.15, -0.1) is 0 Å². The summed E-state index contributed by atoms with van der Waals surface area (Å²) >= 11 is 0. The molecule has 2 aliphatic rings. The summed E-state index contributed by atoms with van der Waals surface area (Å²) in [5.74, 6) is 1.67. The van der Waals surface area contributed by atoms with Gasteiger partial charge in [-0.25, -0.2) is 0 Å². The van der Waals surface area contributed by atoms with Crippen LogP contribution in [0.25, 0.3) is 0 Å². The zero-order valence-electron chi connectivity index (χ0n) is 14.4. The summed E-state index contributed by atoms with van der Waals surface area (Å²) in [7, 11) is 0. The minimum Gasteiger partial charge on any atom is -0.489 e. The van der Waals surface area contributed by atoms with Crippen molar-refractivity contribution in [3.63, 3.8) is 0 Å². The molecule has 0 spiro atoms. The monoisotopic (exact) mass is 318 g/mol. The lowest BCUT2D eigenvalue weighted by molar-refractivity contribution is 0.0518. The molecule has 1 heterocycles. The van der Waals surface area contributed by atoms with Crippen LogP contribution in [-0.2, 0) is 4.74 Å². The lowest BCUT2D eigenvalue weighted by Gasteiger charge is -2.33. The molecule has 128 valence electrons. The van der Waals surface area contributed by atoms with Crippen LogP contribution in [0.1, 0.15) is 31.7 Å². The molecule has 1 saturated carbocycles. The van der Waals surface area contributed by atoms with Crippen molar-refractivity contribution >= 4 is 0 Å². The number of benzene rings is 1. The molecule has 1 saturated heterocycles. The van der Waals surface area contributed by atoms with Gasteiger partial charge in [-0.05, 0) is 44.2 Å². The van der Waals surface area contributed by atoms with E-state index in [1.165, 1.54) is 24.8 Å². The number of hydrogen-bond donors (Lipinski definition) is 2. The highest BCUT2D eigenvalue weighted by molar-refractivity contribution is 5.31. The number of hydrogen-bond acceptors (Lipinski definition) is 4. The molecule has 2 fully saturated rings. The van der Waals surface area contributed by atoms with Crippen molar-refractivity contribution in [1.82, 2.24) is 10.6 Å². The Morgan fingerprint density at radius 3 is 3.00 bits per heavy atom. The predicted molar refractivity (Wildman–Crippen MR) is 93.0 cm³/mol. The molecular weight excluding hydrogens is 288 g/mol. The van der Waals surface area contributed by atoms with Crippen LogP contribution in [-0.4, -0.2) is 44.5 Å². The lowest BCUT2D eigenvalue weighted by Crippen LogP contribution is -2.51. The second-order valence-electron chi connectivity index (χ2n) is 6.94. The standard InChI is InChI=1S/C19H30N2O2/c1-14-6-3-4-9-19(14)23-15(2)12-21-17-8-5-7-16(17)18-13-22-11-10-20-18/h3-4,6,9,15-18,20-21H,5,7-8,10-13H2,1-2H3. The predicted octanol–water partition coefficient (Wildman–Crippen LogP) is 2.51. The molecule has 4 nitrogen and oxygen atoms in total. The lowest BCUT2D eigenvalue weighted by atomic mass is 9.94. The van der Waals surface area contributed by atoms with Gasteiger partial charge in [0.05, 0.1) is 13.2 Å². The van der Waals surface area contributed by atoms with E-state index in [9.17, 15) is 0 Å². The summed E-state index contributed by atoms with van der Waals surface area (Å²) in [5, 5.41) is 7.38. The van der Waals surface area contributed by atoms with Gasteiger partial charge in [0.25, 0.3) is 0 Å². The van der Waals surface area contributed by atoms with Gasteiger partial charge in [0, 0.05) is 25.2 Å². The summed E-state index contributed by atoms with van der Waals surface area (Å²) in [5.41, 5.74) is 1.20. The maximum atomic E-state index is 6.08. The Morgan fingerprint density at radius 2 is 2.22 bits per heavy atom. The van der Waals surface area contributed by atoms with Gasteiger partial charge in [0.1, 0.15) is 11.9 Å². The molecule has 0 radical (unpaired) electrons. The Morgan fingerprint density at radius 1 is 1.35 bits per heavy atom. The third-order valence-corrected chi connectivity index (χ3v) is 5.13. The first-order valence-electron chi connectivity index (χ1n) is 9.01. The minimum absolute atomic E-state index is 0.174. The van der Waals surface area contributed by atoms with E-state index in [1.807, 2.05) is 18.2 Å². The topological polar surface area (TPSA) is 42.5 Å². The first-order chi connectivity index (χ1) is 11.2. The second kappa shape index (κ2) is 8.13. The normalized spacial score (nSPS) is 29.4. The number of morpholine rings is 1. The summed E-state index contributed by atoms with van der Waals surface area (Å²) in [6.45, 7) is 7.83. The van der Waals surface area contributed by atoms with E-state index >= 15 is 0 Å². The van der Waals surface area contributed by atoms with Crippen molar-refractivity contribution in [3.8, 4) is 5.75 Å². The van der Waals surface area contributed by atoms with E-state index in [0.717, 1.165) is 32.1 Å². The van der Waals surface area contributed by atoms with Crippen molar-refractivity contribution in [3.05, 3.63) is 29.8 Å². The molecule has 1 aromatic carbocycles. The molecule has 0 aromatic heterocycles. The first kappa shape index (κ1) is 16.7. The van der Waals surface area contributed by atoms with E-state index < -0.39 is 0 Å². The molecular formula is C19H30N2O2. The molecule has 3 rings (SSSR count). The van der Waals surface area contributed by atoms with E-state index in [2.05, 4.69) is 30.5 Å². The van der Waals surface area contributed by atoms with Gasteiger partial charge < -0.3 is 20.1 Å². The SMILES string of the molecule is Cc1ccccc1OC(C)CNC1CCCC1C1COCCN1. The van der Waals surface area contributed by atoms with Gasteiger partial charge in [-0.3, -0.25) is 0 Å². The van der Waals surface area contributed by atoms with Gasteiger partial charge in [-0.2, -0.15) is 0 Å². The van der Waals surface area contributed by atoms with Gasteiger partial charge >= 0.3 is 0 Å². The Kier molecular flexibility index (Phi) is 5.92. The Bertz CT molecular complexity index is 488. The van der Waals surface area contributed by atoms with Gasteiger partial charge in [-0.1, -0.05) is 24.6 Å². The van der Waals surface area contributed by atoms with Crippen LogP contribution in [0.3, 0.4) is 0 Å². The molecule has 1 aromatic rings. The average molecular weight is 318 g/mol. The molecule has 23 heavy (non-hydrogen) atoms. The number of para-hydroxylation sites is 1. The number of rotatable bonds is 6. The highest BCUT2D eigenvalue weighted by Gasteiger charge is 2.34. The second-order valence-corrected chi connectivity index (χ2v) is 6.94. The molecule has 1 aliphatic carbocycles. The van der Waals surface area contributed by atoms with Gasteiger partial charge in [0.2, 0.25) is 0 Å². The molecule has 4 heteroatoms. The third-order valence-electron chi connectivity index (χ3n) is 5.13. The smallest absolute Gasteiger partial charge is 0.122 e. The molecule has 0 amide bonds. The zero-order chi connectivity index (χ0) is 16.1. The molecule has 4 unspecified atom stereocenters. The highest BCUT2D eigenvalue weighted by atomic mass is 16.5. The van der Waals surface area contributed by atoms with Crippen LogP contribution < -0.4 is 15.4 Å². The molecule has 0 bridgehead atoms. The zero-order valence-corrected chi connectivity index (χ0v) is 14.4. The Balaban J connectivity index is 1.48. The molecule has 4 atom stereocenters. The van der Waals surface area contributed by atoms with E-state index in [0.29, 0.717) is 18.0 Å². The number of nitrogens with one attached hydrogen (secondary N) is 2. The summed E-state index contributed by atoms with van der Waals surface area (Å²) in [6.07, 6.45) is 4.05. The highest BCUT2D eigenvalue weighted by Crippen LogP contribution is 2.29. The average Bonchev–Trinajstić information content (AvgIpc) is 3.04. The molecule has 2 N–H and O–H groups in total. The summed E-state index contributed by atoms with van der Waals surface area (Å²) < 4.78 is 11.7. The number of ether oxygens (including phenoxy) is 2. The van der Waals surface area contributed by atoms with Crippen molar-refractivity contribution in [2.24, 2.45) is 5.92 Å². The van der Waals surface area contributed by atoms with Crippen molar-refractivity contribution in [2.75, 3.05) is 26.3 Å². The van der Waals surface area contributed by atoms with E-state index in [1.54, 1.807) is 0 Å². The summed E-state index contributed by atoms with van der Waals surface area (Å²) in [4.78, 5) is 0. The van der Waals surface area contributed by atoms with Crippen molar-refractivity contribution < 1.29 is 9.47 Å². The first-order valence-corrected chi connectivity index (χ1v) is 9.01. The van der Waals surface area contributed by atoms with Gasteiger partial charge in [0.15, 0.2) is 0 Å².